The minimum atomic E-state index is -1.88. The van der Waals surface area contributed by atoms with Crippen molar-refractivity contribution in [3.05, 3.63) is 0 Å². The van der Waals surface area contributed by atoms with Gasteiger partial charge in [0.15, 0.2) is 0 Å². The molecule has 0 aliphatic rings. The van der Waals surface area contributed by atoms with Gasteiger partial charge in [-0.3, -0.25) is 0 Å². The molecule has 0 heterocycles. The Kier molecular flexibility index (Phi) is 13.0. The largest absolute Gasteiger partial charge is 1.00 e. The van der Waals surface area contributed by atoms with Gasteiger partial charge in [-0.15, -0.1) is 0 Å². The molecule has 82 valence electrons. The van der Waals surface area contributed by atoms with Gasteiger partial charge in [-0.1, -0.05) is 26.7 Å². The van der Waals surface area contributed by atoms with Crippen LogP contribution in [-0.2, 0) is 9.59 Å². The second-order valence-corrected chi connectivity index (χ2v) is 3.82. The Morgan fingerprint density at radius 2 is 1.62 bits per heavy atom. The van der Waals surface area contributed by atoms with Crippen molar-refractivity contribution in [3.63, 3.8) is 0 Å². The van der Waals surface area contributed by atoms with E-state index in [9.17, 15) is 19.8 Å². The van der Waals surface area contributed by atoms with Gasteiger partial charge in [-0.2, -0.15) is 0 Å². The zero-order valence-corrected chi connectivity index (χ0v) is 12.8. The molecule has 16 heavy (non-hydrogen) atoms. The van der Waals surface area contributed by atoms with Crippen LogP contribution in [0.25, 0.3) is 0 Å². The van der Waals surface area contributed by atoms with Gasteiger partial charge < -0.3 is 19.8 Å². The Bertz CT molecular complexity index is 219. The molecule has 0 aromatic carbocycles. The summed E-state index contributed by atoms with van der Waals surface area (Å²) in [5.41, 5.74) is -1.88. The molecule has 0 saturated carbocycles. The minimum absolute atomic E-state index is 0. The molecule has 1 atom stereocenters. The molecule has 0 aromatic rings. The first-order valence-electron chi connectivity index (χ1n) is 4.80. The van der Waals surface area contributed by atoms with Crippen LogP contribution in [0.1, 0.15) is 40.0 Å². The van der Waals surface area contributed by atoms with Crippen molar-refractivity contribution in [1.82, 2.24) is 0 Å². The van der Waals surface area contributed by atoms with Crippen molar-refractivity contribution in [3.8, 4) is 0 Å². The number of carbonyl (C=O) groups is 2. The quantitative estimate of drug-likeness (QED) is 0.335. The van der Waals surface area contributed by atoms with Gasteiger partial charge in [0.05, 0.1) is 11.9 Å². The Morgan fingerprint density at radius 1 is 1.25 bits per heavy atom. The summed E-state index contributed by atoms with van der Waals surface area (Å²) in [6.45, 7) is 4.71. The summed E-state index contributed by atoms with van der Waals surface area (Å²) >= 11 is 0. The fraction of sp³-hybridized carbons (Fsp3) is 0.800. The van der Waals surface area contributed by atoms with Crippen molar-refractivity contribution >= 4 is 11.9 Å². The van der Waals surface area contributed by atoms with Crippen molar-refractivity contribution in [2.24, 2.45) is 11.3 Å². The van der Waals surface area contributed by atoms with Gasteiger partial charge in [0.25, 0.3) is 0 Å². The van der Waals surface area contributed by atoms with E-state index in [-0.39, 0.29) is 48.4 Å². The molecule has 0 spiro atoms. The maximum Gasteiger partial charge on any atom is 1.00 e. The van der Waals surface area contributed by atoms with Crippen LogP contribution in [0.4, 0.5) is 0 Å². The summed E-state index contributed by atoms with van der Waals surface area (Å²) in [6.07, 6.45) is 2.26. The van der Waals surface area contributed by atoms with E-state index in [4.69, 9.17) is 0 Å². The summed E-state index contributed by atoms with van der Waals surface area (Å²) < 4.78 is 0. The fourth-order valence-corrected chi connectivity index (χ4v) is 1.28. The molecule has 6 heteroatoms. The molecule has 0 amide bonds. The molecule has 0 rings (SSSR count). The number of aliphatic carboxylic acids is 2. The Morgan fingerprint density at radius 3 is 1.88 bits per heavy atom. The summed E-state index contributed by atoms with van der Waals surface area (Å²) in [5.74, 6) is -3.61. The summed E-state index contributed by atoms with van der Waals surface area (Å²) in [4.78, 5) is 21.5. The van der Waals surface area contributed by atoms with E-state index in [2.05, 4.69) is 0 Å². The number of carboxylic acids is 2. The molecule has 0 saturated heterocycles. The summed E-state index contributed by atoms with van der Waals surface area (Å²) in [6, 6.07) is 0. The molecule has 0 aliphatic carbocycles. The van der Waals surface area contributed by atoms with Crippen LogP contribution in [0.15, 0.2) is 0 Å². The maximum atomic E-state index is 10.7. The average molecular weight is 230 g/mol. The average Bonchev–Trinajstić information content (AvgIpc) is 2.11. The van der Waals surface area contributed by atoms with E-state index in [1.165, 1.54) is 0 Å². The van der Waals surface area contributed by atoms with Crippen LogP contribution < -0.4 is 58.6 Å². The molecular weight excluding hydrogens is 214 g/mol. The van der Waals surface area contributed by atoms with Crippen LogP contribution in [0.3, 0.4) is 0 Å². The van der Waals surface area contributed by atoms with E-state index >= 15 is 0 Å². The monoisotopic (exact) mass is 230 g/mol. The molecule has 0 fully saturated rings. The second kappa shape index (κ2) is 9.56. The third-order valence-electron chi connectivity index (χ3n) is 2.82. The van der Waals surface area contributed by atoms with E-state index in [1.54, 1.807) is 6.92 Å². The Hall–Kier alpha value is 0.537. The third-order valence-corrected chi connectivity index (χ3v) is 2.82. The van der Waals surface area contributed by atoms with Crippen LogP contribution in [0.5, 0.6) is 0 Å². The normalized spacial score (nSPS) is 11.9. The first-order valence-corrected chi connectivity index (χ1v) is 4.80. The zero-order valence-electron chi connectivity index (χ0n) is 10.8. The smallest absolute Gasteiger partial charge is 0.549 e. The van der Waals surface area contributed by atoms with Gasteiger partial charge in [-0.05, 0) is 19.3 Å². The van der Waals surface area contributed by atoms with Gasteiger partial charge in [0.2, 0.25) is 0 Å². The Balaban J connectivity index is -0.000000845. The van der Waals surface area contributed by atoms with Crippen LogP contribution in [0.2, 0.25) is 0 Å². The third kappa shape index (κ3) is 5.25. The Labute approximate surface area is 131 Å². The predicted octanol–water partition coefficient (Wildman–Crippen LogP) is -6.67. The SMILES string of the molecule is CCCCC(C)C(C)(C(=O)[O-])C(=O)[O-].[Li+].[Na+]. The number of carboxylic acid groups (broad SMARTS) is 2. The molecule has 0 radical (unpaired) electrons. The van der Waals surface area contributed by atoms with E-state index in [1.807, 2.05) is 6.92 Å². The van der Waals surface area contributed by atoms with Crippen LogP contribution in [-0.4, -0.2) is 11.9 Å². The predicted molar refractivity (Wildman–Crippen MR) is 46.8 cm³/mol. The molecule has 4 nitrogen and oxygen atoms in total. The van der Waals surface area contributed by atoms with Crippen LogP contribution in [0, 0.1) is 11.3 Å². The van der Waals surface area contributed by atoms with E-state index in [0.717, 1.165) is 19.8 Å². The van der Waals surface area contributed by atoms with Crippen molar-refractivity contribution in [1.29, 1.82) is 0 Å². The van der Waals surface area contributed by atoms with Gasteiger partial charge in [-0.25, -0.2) is 0 Å². The molecule has 0 N–H and O–H groups in total. The first-order chi connectivity index (χ1) is 6.37. The molecule has 0 bridgehead atoms. The number of rotatable bonds is 6. The van der Waals surface area contributed by atoms with Gasteiger partial charge in [0.1, 0.15) is 0 Å². The molecular formula is C10H16LiNaO4. The van der Waals surface area contributed by atoms with E-state index in [0.29, 0.717) is 6.42 Å². The number of hydrogen-bond donors (Lipinski definition) is 0. The van der Waals surface area contributed by atoms with Crippen molar-refractivity contribution in [2.75, 3.05) is 0 Å². The molecule has 1 unspecified atom stereocenters. The standard InChI is InChI=1S/C10H18O4.Li.Na/c1-4-5-6-7(2)10(3,8(11)12)9(13)14;;/h7H,4-6H2,1-3H3,(H,11,12)(H,13,14);;/q;2*+1/p-2. The molecule has 0 aromatic heterocycles. The van der Waals surface area contributed by atoms with Gasteiger partial charge >= 0.3 is 48.4 Å². The summed E-state index contributed by atoms with van der Waals surface area (Å²) in [7, 11) is 0. The van der Waals surface area contributed by atoms with E-state index < -0.39 is 23.3 Å². The number of carbonyl (C=O) groups excluding carboxylic acids is 2. The second-order valence-electron chi connectivity index (χ2n) is 3.82. The van der Waals surface area contributed by atoms with Crippen molar-refractivity contribution < 1.29 is 68.2 Å². The zero-order chi connectivity index (χ0) is 11.4. The summed E-state index contributed by atoms with van der Waals surface area (Å²) in [5, 5.41) is 21.5. The topological polar surface area (TPSA) is 80.3 Å². The minimum Gasteiger partial charge on any atom is -0.549 e. The first kappa shape index (κ1) is 21.8. The van der Waals surface area contributed by atoms with Crippen LogP contribution >= 0.6 is 0 Å². The maximum absolute atomic E-state index is 10.7. The number of unbranched alkanes of at least 4 members (excludes halogenated alkanes) is 1. The van der Waals surface area contributed by atoms with Crippen molar-refractivity contribution in [2.45, 2.75) is 40.0 Å². The fourth-order valence-electron chi connectivity index (χ4n) is 1.28. The number of hydrogen-bond acceptors (Lipinski definition) is 4. The molecule has 0 aliphatic heterocycles. The van der Waals surface area contributed by atoms with Gasteiger partial charge in [0, 0.05) is 5.41 Å².